The molecular formula is C17H24N2O. The molecule has 1 N–H and O–H groups in total. The Balaban J connectivity index is 1.68. The summed E-state index contributed by atoms with van der Waals surface area (Å²) in [6.07, 6.45) is 6.95. The first kappa shape index (κ1) is 13.5. The van der Waals surface area contributed by atoms with Gasteiger partial charge in [0.15, 0.2) is 11.5 Å². The average Bonchev–Trinajstić information content (AvgIpc) is 2.89. The van der Waals surface area contributed by atoms with Crippen molar-refractivity contribution < 1.29 is 4.42 Å². The highest BCUT2D eigenvalue weighted by Gasteiger charge is 2.13. The Hall–Kier alpha value is -1.51. The van der Waals surface area contributed by atoms with Gasteiger partial charge in [0.05, 0.1) is 0 Å². The minimum absolute atomic E-state index is 0.334. The summed E-state index contributed by atoms with van der Waals surface area (Å²) in [6, 6.07) is 6.23. The molecule has 0 amide bonds. The Bertz CT molecular complexity index is 567. The highest BCUT2D eigenvalue weighted by Crippen LogP contribution is 2.26. The van der Waals surface area contributed by atoms with Crippen molar-refractivity contribution in [3.63, 3.8) is 0 Å². The maximum atomic E-state index is 5.74. The van der Waals surface area contributed by atoms with Crippen LogP contribution < -0.4 is 5.32 Å². The molecule has 3 heteroatoms. The van der Waals surface area contributed by atoms with E-state index in [2.05, 4.69) is 36.3 Å². The molecule has 0 aliphatic heterocycles. The number of hydrogen-bond donors (Lipinski definition) is 1. The lowest BCUT2D eigenvalue weighted by molar-refractivity contribution is 0.373. The van der Waals surface area contributed by atoms with Gasteiger partial charge >= 0.3 is 0 Å². The zero-order chi connectivity index (χ0) is 13.9. The van der Waals surface area contributed by atoms with E-state index in [-0.39, 0.29) is 0 Å². The van der Waals surface area contributed by atoms with Gasteiger partial charge in [-0.2, -0.15) is 0 Å². The van der Waals surface area contributed by atoms with Crippen LogP contribution in [0.25, 0.3) is 11.1 Å². The van der Waals surface area contributed by atoms with Crippen molar-refractivity contribution in [1.29, 1.82) is 0 Å². The molecule has 108 valence electrons. The molecule has 1 aromatic heterocycles. The van der Waals surface area contributed by atoms with Gasteiger partial charge in [-0.05, 0) is 37.0 Å². The van der Waals surface area contributed by atoms with Crippen LogP contribution in [0.3, 0.4) is 0 Å². The van der Waals surface area contributed by atoms with Gasteiger partial charge in [0.2, 0.25) is 0 Å². The molecule has 1 heterocycles. The molecule has 1 aliphatic carbocycles. The predicted molar refractivity (Wildman–Crippen MR) is 83.2 cm³/mol. The predicted octanol–water partition coefficient (Wildman–Crippen LogP) is 4.94. The third kappa shape index (κ3) is 2.97. The fourth-order valence-corrected chi connectivity index (χ4v) is 2.96. The molecule has 1 aromatic carbocycles. The smallest absolute Gasteiger partial charge is 0.198 e. The Morgan fingerprint density at radius 1 is 1.25 bits per heavy atom. The zero-order valence-electron chi connectivity index (χ0n) is 12.5. The van der Waals surface area contributed by atoms with Crippen LogP contribution in [0.2, 0.25) is 0 Å². The molecule has 0 bridgehead atoms. The topological polar surface area (TPSA) is 38.1 Å². The van der Waals surface area contributed by atoms with E-state index in [0.717, 1.165) is 35.1 Å². The molecule has 0 saturated heterocycles. The van der Waals surface area contributed by atoms with Gasteiger partial charge in [-0.1, -0.05) is 33.1 Å². The molecule has 2 aromatic rings. The third-order valence-corrected chi connectivity index (χ3v) is 4.22. The number of nitrogens with one attached hydrogen (secondary N) is 1. The largest absolute Gasteiger partial charge is 0.440 e. The standard InChI is InChI=1S/C17H24N2O/c1-12(2)17-19-15-10-14(8-9-16(15)20-17)18-11-13-6-4-3-5-7-13/h8-10,12-13,18H,3-7,11H2,1-2H3. The molecule has 3 rings (SSSR count). The van der Waals surface area contributed by atoms with Gasteiger partial charge in [0.25, 0.3) is 0 Å². The number of anilines is 1. The van der Waals surface area contributed by atoms with Gasteiger partial charge in [-0.3, -0.25) is 0 Å². The van der Waals surface area contributed by atoms with Crippen LogP contribution in [0.15, 0.2) is 22.6 Å². The second-order valence-electron chi connectivity index (χ2n) is 6.27. The van der Waals surface area contributed by atoms with Crippen LogP contribution >= 0.6 is 0 Å². The van der Waals surface area contributed by atoms with Crippen molar-refractivity contribution in [3.05, 3.63) is 24.1 Å². The Kier molecular flexibility index (Phi) is 3.95. The summed E-state index contributed by atoms with van der Waals surface area (Å²) in [6.45, 7) is 5.29. The van der Waals surface area contributed by atoms with Gasteiger partial charge in [-0.15, -0.1) is 0 Å². The first-order valence-electron chi connectivity index (χ1n) is 7.87. The quantitative estimate of drug-likeness (QED) is 0.856. The van der Waals surface area contributed by atoms with E-state index in [4.69, 9.17) is 4.42 Å². The number of aromatic nitrogens is 1. The number of oxazole rings is 1. The van der Waals surface area contributed by atoms with Crippen molar-refractivity contribution in [2.75, 3.05) is 11.9 Å². The summed E-state index contributed by atoms with van der Waals surface area (Å²) in [4.78, 5) is 4.56. The lowest BCUT2D eigenvalue weighted by Gasteiger charge is -2.22. The van der Waals surface area contributed by atoms with Crippen molar-refractivity contribution in [3.8, 4) is 0 Å². The lowest BCUT2D eigenvalue weighted by atomic mass is 9.89. The van der Waals surface area contributed by atoms with Crippen molar-refractivity contribution in [2.24, 2.45) is 5.92 Å². The number of hydrogen-bond acceptors (Lipinski definition) is 3. The molecule has 1 aliphatic rings. The number of fused-ring (bicyclic) bond motifs is 1. The van der Waals surface area contributed by atoms with E-state index in [1.165, 1.54) is 32.1 Å². The Morgan fingerprint density at radius 2 is 2.05 bits per heavy atom. The maximum absolute atomic E-state index is 5.74. The molecule has 1 saturated carbocycles. The summed E-state index contributed by atoms with van der Waals surface area (Å²) < 4.78 is 5.74. The molecule has 0 radical (unpaired) electrons. The average molecular weight is 272 g/mol. The summed E-state index contributed by atoms with van der Waals surface area (Å²) >= 11 is 0. The van der Waals surface area contributed by atoms with Gasteiger partial charge < -0.3 is 9.73 Å². The third-order valence-electron chi connectivity index (χ3n) is 4.22. The van der Waals surface area contributed by atoms with Gasteiger partial charge in [0.1, 0.15) is 5.52 Å². The fraction of sp³-hybridized carbons (Fsp3) is 0.588. The van der Waals surface area contributed by atoms with Crippen molar-refractivity contribution in [1.82, 2.24) is 4.98 Å². The maximum Gasteiger partial charge on any atom is 0.198 e. The van der Waals surface area contributed by atoms with E-state index < -0.39 is 0 Å². The number of rotatable bonds is 4. The number of benzene rings is 1. The van der Waals surface area contributed by atoms with Gasteiger partial charge in [-0.25, -0.2) is 4.98 Å². The minimum Gasteiger partial charge on any atom is -0.440 e. The molecule has 0 atom stereocenters. The molecular weight excluding hydrogens is 248 g/mol. The molecule has 20 heavy (non-hydrogen) atoms. The monoisotopic (exact) mass is 272 g/mol. The van der Waals surface area contributed by atoms with Crippen LogP contribution in [-0.4, -0.2) is 11.5 Å². The molecule has 0 unspecified atom stereocenters. The van der Waals surface area contributed by atoms with Crippen LogP contribution in [0.1, 0.15) is 57.8 Å². The highest BCUT2D eigenvalue weighted by molar-refractivity contribution is 5.77. The van der Waals surface area contributed by atoms with E-state index in [0.29, 0.717) is 5.92 Å². The lowest BCUT2D eigenvalue weighted by Crippen LogP contribution is -2.16. The van der Waals surface area contributed by atoms with Crippen molar-refractivity contribution in [2.45, 2.75) is 51.9 Å². The summed E-state index contributed by atoms with van der Waals surface area (Å²) in [5, 5.41) is 3.56. The second kappa shape index (κ2) is 5.86. The van der Waals surface area contributed by atoms with Crippen LogP contribution in [0.5, 0.6) is 0 Å². The van der Waals surface area contributed by atoms with E-state index in [1.54, 1.807) is 0 Å². The van der Waals surface area contributed by atoms with Crippen molar-refractivity contribution >= 4 is 16.8 Å². The van der Waals surface area contributed by atoms with E-state index in [9.17, 15) is 0 Å². The summed E-state index contributed by atoms with van der Waals surface area (Å²) in [7, 11) is 0. The summed E-state index contributed by atoms with van der Waals surface area (Å²) in [5.41, 5.74) is 3.01. The Morgan fingerprint density at radius 3 is 2.80 bits per heavy atom. The van der Waals surface area contributed by atoms with Crippen LogP contribution in [0.4, 0.5) is 5.69 Å². The van der Waals surface area contributed by atoms with E-state index >= 15 is 0 Å². The normalized spacial score (nSPS) is 16.9. The first-order chi connectivity index (χ1) is 9.72. The number of nitrogens with zero attached hydrogens (tertiary/aromatic N) is 1. The Labute approximate surface area is 120 Å². The zero-order valence-corrected chi connectivity index (χ0v) is 12.5. The summed E-state index contributed by atoms with van der Waals surface area (Å²) in [5.74, 6) is 1.99. The second-order valence-corrected chi connectivity index (χ2v) is 6.27. The van der Waals surface area contributed by atoms with E-state index in [1.807, 2.05) is 6.07 Å². The van der Waals surface area contributed by atoms with Crippen LogP contribution in [-0.2, 0) is 0 Å². The highest BCUT2D eigenvalue weighted by atomic mass is 16.3. The minimum atomic E-state index is 0.334. The molecule has 3 nitrogen and oxygen atoms in total. The SMILES string of the molecule is CC(C)c1nc2cc(NCC3CCCCC3)ccc2o1. The fourth-order valence-electron chi connectivity index (χ4n) is 2.96. The first-order valence-corrected chi connectivity index (χ1v) is 7.87. The van der Waals surface area contributed by atoms with Gasteiger partial charge in [0, 0.05) is 18.2 Å². The molecule has 1 fully saturated rings. The molecule has 0 spiro atoms. The van der Waals surface area contributed by atoms with Crippen LogP contribution in [0, 0.1) is 5.92 Å².